The van der Waals surface area contributed by atoms with Crippen molar-refractivity contribution in [3.63, 3.8) is 0 Å². The molecule has 114 valence electrons. The number of rotatable bonds is 3. The summed E-state index contributed by atoms with van der Waals surface area (Å²) in [6.07, 6.45) is 2.60. The van der Waals surface area contributed by atoms with Gasteiger partial charge in [0.05, 0.1) is 6.04 Å². The van der Waals surface area contributed by atoms with Crippen LogP contribution in [0.25, 0.3) is 0 Å². The van der Waals surface area contributed by atoms with Gasteiger partial charge in [0.25, 0.3) is 0 Å². The van der Waals surface area contributed by atoms with Gasteiger partial charge in [-0.3, -0.25) is 4.79 Å². The summed E-state index contributed by atoms with van der Waals surface area (Å²) in [6.45, 7) is 6.75. The van der Waals surface area contributed by atoms with Crippen molar-refractivity contribution >= 4 is 23.6 Å². The molecule has 0 unspecified atom stereocenters. The topological polar surface area (TPSA) is 49.9 Å². The van der Waals surface area contributed by atoms with Crippen molar-refractivity contribution in [1.82, 2.24) is 9.80 Å². The Morgan fingerprint density at radius 1 is 1.25 bits per heavy atom. The lowest BCUT2D eigenvalue weighted by Crippen LogP contribution is -2.45. The summed E-state index contributed by atoms with van der Waals surface area (Å²) in [7, 11) is 0. The van der Waals surface area contributed by atoms with Crippen LogP contribution in [-0.2, 0) is 9.53 Å². The van der Waals surface area contributed by atoms with E-state index in [0.717, 1.165) is 19.3 Å². The number of hydrogen-bond acceptors (Lipinski definition) is 3. The molecule has 0 aromatic heterocycles. The summed E-state index contributed by atoms with van der Waals surface area (Å²) < 4.78 is 5.37. The van der Waals surface area contributed by atoms with Crippen LogP contribution in [0, 0.1) is 0 Å². The number of ether oxygens (including phenoxy) is 1. The molecule has 1 saturated heterocycles. The molecule has 0 aromatic rings. The van der Waals surface area contributed by atoms with Crippen LogP contribution in [0.3, 0.4) is 0 Å². The first-order valence-corrected chi connectivity index (χ1v) is 7.70. The molecule has 2 fully saturated rings. The summed E-state index contributed by atoms with van der Waals surface area (Å²) in [4.78, 5) is 27.5. The first-order valence-electron chi connectivity index (χ1n) is 7.17. The molecule has 20 heavy (non-hydrogen) atoms. The van der Waals surface area contributed by atoms with E-state index in [0.29, 0.717) is 19.1 Å². The number of carbonyl (C=O) groups excluding carboxylic acids is 2. The van der Waals surface area contributed by atoms with Crippen molar-refractivity contribution < 1.29 is 14.3 Å². The standard InChI is InChI=1S/C14H23ClN2O3/c1-14(2,3)20-13(19)16-7-6-11(9-16)17(10-4-5-10)12(18)8-15/h10-11H,4-9H2,1-3H3/t11-/m1/s1. The van der Waals surface area contributed by atoms with E-state index >= 15 is 0 Å². The van der Waals surface area contributed by atoms with E-state index < -0.39 is 5.60 Å². The molecule has 5 nitrogen and oxygen atoms in total. The Hall–Kier alpha value is -0.970. The third kappa shape index (κ3) is 3.78. The molecule has 6 heteroatoms. The predicted octanol–water partition coefficient (Wildman–Crippen LogP) is 2.23. The highest BCUT2D eigenvalue weighted by molar-refractivity contribution is 6.27. The largest absolute Gasteiger partial charge is 0.444 e. The number of amides is 2. The molecule has 1 aliphatic heterocycles. The maximum atomic E-state index is 12.0. The summed E-state index contributed by atoms with van der Waals surface area (Å²) >= 11 is 5.69. The lowest BCUT2D eigenvalue weighted by atomic mass is 10.2. The van der Waals surface area contributed by atoms with Crippen LogP contribution in [0.5, 0.6) is 0 Å². The third-order valence-electron chi connectivity index (χ3n) is 3.55. The van der Waals surface area contributed by atoms with E-state index in [4.69, 9.17) is 16.3 Å². The molecule has 0 bridgehead atoms. The molecule has 0 N–H and O–H groups in total. The van der Waals surface area contributed by atoms with Gasteiger partial charge in [0, 0.05) is 19.1 Å². The van der Waals surface area contributed by atoms with Gasteiger partial charge in [0.15, 0.2) is 0 Å². The number of hydrogen-bond donors (Lipinski definition) is 0. The summed E-state index contributed by atoms with van der Waals surface area (Å²) in [5.41, 5.74) is -0.489. The van der Waals surface area contributed by atoms with Gasteiger partial charge in [0.1, 0.15) is 11.5 Å². The molecule has 0 aromatic carbocycles. The minimum Gasteiger partial charge on any atom is -0.444 e. The van der Waals surface area contributed by atoms with Gasteiger partial charge in [-0.25, -0.2) is 4.79 Å². The van der Waals surface area contributed by atoms with Crippen molar-refractivity contribution in [2.45, 2.75) is 57.7 Å². The second kappa shape index (κ2) is 5.80. The quantitative estimate of drug-likeness (QED) is 0.751. The molecule has 2 aliphatic rings. The molecule has 0 radical (unpaired) electrons. The highest BCUT2D eigenvalue weighted by Crippen LogP contribution is 2.32. The van der Waals surface area contributed by atoms with Crippen LogP contribution in [0.1, 0.15) is 40.0 Å². The molecule has 0 spiro atoms. The van der Waals surface area contributed by atoms with Crippen molar-refractivity contribution in [2.24, 2.45) is 0 Å². The number of alkyl halides is 1. The lowest BCUT2D eigenvalue weighted by molar-refractivity contribution is -0.131. The average Bonchev–Trinajstić information content (AvgIpc) is 3.03. The zero-order valence-electron chi connectivity index (χ0n) is 12.4. The third-order valence-corrected chi connectivity index (χ3v) is 3.78. The van der Waals surface area contributed by atoms with Gasteiger partial charge in [-0.1, -0.05) is 0 Å². The highest BCUT2D eigenvalue weighted by atomic mass is 35.5. The normalized spacial score (nSPS) is 22.8. The fraction of sp³-hybridized carbons (Fsp3) is 0.857. The average molecular weight is 303 g/mol. The van der Waals surface area contributed by atoms with E-state index in [2.05, 4.69) is 0 Å². The van der Waals surface area contributed by atoms with E-state index in [9.17, 15) is 9.59 Å². The highest BCUT2D eigenvalue weighted by Gasteiger charge is 2.41. The van der Waals surface area contributed by atoms with Crippen molar-refractivity contribution in [3.05, 3.63) is 0 Å². The number of carbonyl (C=O) groups is 2. The fourth-order valence-electron chi connectivity index (χ4n) is 2.59. The summed E-state index contributed by atoms with van der Waals surface area (Å²) in [6, 6.07) is 0.408. The Morgan fingerprint density at radius 3 is 2.40 bits per heavy atom. The van der Waals surface area contributed by atoms with Crippen LogP contribution in [0.15, 0.2) is 0 Å². The Labute approximate surface area is 125 Å². The van der Waals surface area contributed by atoms with Crippen molar-refractivity contribution in [1.29, 1.82) is 0 Å². The molecule has 1 aliphatic carbocycles. The van der Waals surface area contributed by atoms with Crippen LogP contribution < -0.4 is 0 Å². The first-order chi connectivity index (χ1) is 9.31. The second-order valence-corrected chi connectivity index (χ2v) is 6.80. The van der Waals surface area contributed by atoms with Crippen LogP contribution >= 0.6 is 11.6 Å². The molecule has 2 rings (SSSR count). The summed E-state index contributed by atoms with van der Waals surface area (Å²) in [5, 5.41) is 0. The van der Waals surface area contributed by atoms with E-state index in [1.54, 1.807) is 4.90 Å². The number of nitrogens with zero attached hydrogens (tertiary/aromatic N) is 2. The van der Waals surface area contributed by atoms with Crippen LogP contribution in [-0.4, -0.2) is 58.5 Å². The Balaban J connectivity index is 1.93. The summed E-state index contributed by atoms with van der Waals surface area (Å²) in [5.74, 6) is -0.00963. The Kier molecular flexibility index (Phi) is 4.47. The van der Waals surface area contributed by atoms with E-state index in [1.165, 1.54) is 0 Å². The molecule has 2 amide bonds. The molecular formula is C14H23ClN2O3. The molecule has 1 heterocycles. The monoisotopic (exact) mass is 302 g/mol. The minimum absolute atomic E-state index is 0.0133. The van der Waals surface area contributed by atoms with Gasteiger partial charge < -0.3 is 14.5 Å². The Morgan fingerprint density at radius 2 is 1.90 bits per heavy atom. The smallest absolute Gasteiger partial charge is 0.410 e. The van der Waals surface area contributed by atoms with Gasteiger partial charge in [0.2, 0.25) is 5.91 Å². The Bertz CT molecular complexity index is 390. The first kappa shape index (κ1) is 15.4. The molecule has 1 atom stereocenters. The zero-order valence-corrected chi connectivity index (χ0v) is 13.2. The molecule has 1 saturated carbocycles. The maximum Gasteiger partial charge on any atom is 0.410 e. The second-order valence-electron chi connectivity index (χ2n) is 6.53. The predicted molar refractivity (Wildman–Crippen MR) is 76.8 cm³/mol. The SMILES string of the molecule is CC(C)(C)OC(=O)N1CC[C@@H](N(C(=O)CCl)C2CC2)C1. The van der Waals surface area contributed by atoms with Gasteiger partial charge in [-0.2, -0.15) is 0 Å². The van der Waals surface area contributed by atoms with Gasteiger partial charge in [-0.15, -0.1) is 11.6 Å². The number of halogens is 1. The van der Waals surface area contributed by atoms with Gasteiger partial charge in [-0.05, 0) is 40.0 Å². The number of likely N-dealkylation sites (tertiary alicyclic amines) is 1. The van der Waals surface area contributed by atoms with Crippen LogP contribution in [0.4, 0.5) is 4.79 Å². The fourth-order valence-corrected chi connectivity index (χ4v) is 2.73. The van der Waals surface area contributed by atoms with Gasteiger partial charge >= 0.3 is 6.09 Å². The van der Waals surface area contributed by atoms with Crippen molar-refractivity contribution in [3.8, 4) is 0 Å². The lowest BCUT2D eigenvalue weighted by Gasteiger charge is -2.29. The minimum atomic E-state index is -0.489. The zero-order chi connectivity index (χ0) is 14.9. The maximum absolute atomic E-state index is 12.0. The molecular weight excluding hydrogens is 280 g/mol. The van der Waals surface area contributed by atoms with Crippen LogP contribution in [0.2, 0.25) is 0 Å². The van der Waals surface area contributed by atoms with E-state index in [1.807, 2.05) is 25.7 Å². The van der Waals surface area contributed by atoms with Crippen molar-refractivity contribution in [2.75, 3.05) is 19.0 Å². The van der Waals surface area contributed by atoms with E-state index in [-0.39, 0.29) is 23.9 Å².